The van der Waals surface area contributed by atoms with E-state index in [1.54, 1.807) is 6.07 Å². The van der Waals surface area contributed by atoms with Crippen LogP contribution in [-0.4, -0.2) is 31.1 Å². The second-order valence-corrected chi connectivity index (χ2v) is 4.86. The van der Waals surface area contributed by atoms with Crippen molar-refractivity contribution in [1.82, 2.24) is 16.0 Å². The molecule has 6 heteroatoms. The van der Waals surface area contributed by atoms with Crippen molar-refractivity contribution in [2.45, 2.75) is 18.9 Å². The van der Waals surface area contributed by atoms with Crippen molar-refractivity contribution in [2.24, 2.45) is 0 Å². The summed E-state index contributed by atoms with van der Waals surface area (Å²) < 4.78 is 0. The smallest absolute Gasteiger partial charge is 0.315 e. The van der Waals surface area contributed by atoms with E-state index >= 15 is 0 Å². The summed E-state index contributed by atoms with van der Waals surface area (Å²) in [6.45, 7) is 0.879. The van der Waals surface area contributed by atoms with Gasteiger partial charge in [-0.3, -0.25) is 4.79 Å². The lowest BCUT2D eigenvalue weighted by Gasteiger charge is -2.07. The van der Waals surface area contributed by atoms with Crippen LogP contribution in [0.2, 0.25) is 0 Å². The number of thiophene rings is 1. The van der Waals surface area contributed by atoms with Crippen LogP contribution in [0, 0.1) is 0 Å². The van der Waals surface area contributed by atoms with Crippen LogP contribution in [0.5, 0.6) is 0 Å². The number of rotatable bonds is 5. The Hall–Kier alpha value is -1.56. The van der Waals surface area contributed by atoms with Crippen LogP contribution in [-0.2, 0) is 0 Å². The van der Waals surface area contributed by atoms with Crippen LogP contribution >= 0.6 is 11.3 Å². The molecule has 0 radical (unpaired) electrons. The summed E-state index contributed by atoms with van der Waals surface area (Å²) in [5.41, 5.74) is 0. The van der Waals surface area contributed by atoms with Gasteiger partial charge in [0.15, 0.2) is 0 Å². The third-order valence-corrected chi connectivity index (χ3v) is 3.22. The third kappa shape index (κ3) is 4.07. The van der Waals surface area contributed by atoms with E-state index in [4.69, 9.17) is 0 Å². The number of amides is 3. The minimum Gasteiger partial charge on any atom is -0.350 e. The Morgan fingerprint density at radius 1 is 1.29 bits per heavy atom. The number of hydrogen-bond acceptors (Lipinski definition) is 3. The largest absolute Gasteiger partial charge is 0.350 e. The van der Waals surface area contributed by atoms with Crippen molar-refractivity contribution < 1.29 is 9.59 Å². The van der Waals surface area contributed by atoms with Gasteiger partial charge >= 0.3 is 6.03 Å². The molecule has 2 rings (SSSR count). The Labute approximate surface area is 104 Å². The summed E-state index contributed by atoms with van der Waals surface area (Å²) in [4.78, 5) is 23.4. The number of carbonyl (C=O) groups is 2. The van der Waals surface area contributed by atoms with E-state index in [-0.39, 0.29) is 11.9 Å². The molecule has 5 nitrogen and oxygen atoms in total. The topological polar surface area (TPSA) is 70.2 Å². The van der Waals surface area contributed by atoms with Gasteiger partial charge in [-0.15, -0.1) is 11.3 Å². The lowest BCUT2D eigenvalue weighted by atomic mass is 10.4. The first-order chi connectivity index (χ1) is 8.25. The summed E-state index contributed by atoms with van der Waals surface area (Å²) in [5, 5.41) is 10.1. The van der Waals surface area contributed by atoms with Gasteiger partial charge in [-0.2, -0.15) is 0 Å². The first-order valence-corrected chi connectivity index (χ1v) is 6.50. The maximum atomic E-state index is 11.5. The molecule has 1 saturated carbocycles. The van der Waals surface area contributed by atoms with Gasteiger partial charge in [-0.1, -0.05) is 6.07 Å². The Balaban J connectivity index is 1.56. The van der Waals surface area contributed by atoms with E-state index in [1.165, 1.54) is 11.3 Å². The summed E-state index contributed by atoms with van der Waals surface area (Å²) in [7, 11) is 0. The number of urea groups is 1. The highest BCUT2D eigenvalue weighted by Gasteiger charge is 2.22. The fraction of sp³-hybridized carbons (Fsp3) is 0.455. The summed E-state index contributed by atoms with van der Waals surface area (Å²) >= 11 is 1.40. The van der Waals surface area contributed by atoms with E-state index in [2.05, 4.69) is 16.0 Å². The second-order valence-electron chi connectivity index (χ2n) is 3.91. The highest BCUT2D eigenvalue weighted by Crippen LogP contribution is 2.18. The number of carbonyl (C=O) groups excluding carboxylic acids is 2. The van der Waals surface area contributed by atoms with Crippen LogP contribution in [0.15, 0.2) is 17.5 Å². The monoisotopic (exact) mass is 253 g/mol. The molecule has 0 spiro atoms. The Bertz CT molecular complexity index is 387. The predicted molar refractivity (Wildman–Crippen MR) is 66.2 cm³/mol. The zero-order valence-corrected chi connectivity index (χ0v) is 10.2. The summed E-state index contributed by atoms with van der Waals surface area (Å²) in [6.07, 6.45) is 2.14. The van der Waals surface area contributed by atoms with E-state index in [9.17, 15) is 9.59 Å². The minimum absolute atomic E-state index is 0.0931. The Kier molecular flexibility index (Phi) is 3.98. The quantitative estimate of drug-likeness (QED) is 0.683. The fourth-order valence-corrected chi connectivity index (χ4v) is 1.95. The normalized spacial score (nSPS) is 14.1. The molecular weight excluding hydrogens is 238 g/mol. The fourth-order valence-electron chi connectivity index (χ4n) is 1.31. The first kappa shape index (κ1) is 11.9. The lowest BCUT2D eigenvalue weighted by Crippen LogP contribution is -2.41. The molecule has 1 heterocycles. The third-order valence-electron chi connectivity index (χ3n) is 2.35. The van der Waals surface area contributed by atoms with Crippen molar-refractivity contribution in [3.63, 3.8) is 0 Å². The molecule has 0 aromatic carbocycles. The molecule has 1 aliphatic carbocycles. The molecule has 0 unspecified atom stereocenters. The zero-order valence-electron chi connectivity index (χ0n) is 9.36. The second kappa shape index (κ2) is 5.67. The molecule has 3 N–H and O–H groups in total. The van der Waals surface area contributed by atoms with Gasteiger partial charge in [0.1, 0.15) is 0 Å². The van der Waals surface area contributed by atoms with Crippen LogP contribution in [0.25, 0.3) is 0 Å². The molecule has 3 amide bonds. The van der Waals surface area contributed by atoms with E-state index < -0.39 is 0 Å². The van der Waals surface area contributed by atoms with Crippen LogP contribution in [0.4, 0.5) is 4.79 Å². The molecule has 0 bridgehead atoms. The van der Waals surface area contributed by atoms with Crippen LogP contribution in [0.1, 0.15) is 22.5 Å². The Morgan fingerprint density at radius 3 is 2.71 bits per heavy atom. The molecule has 0 aliphatic heterocycles. The van der Waals surface area contributed by atoms with Crippen molar-refractivity contribution in [3.05, 3.63) is 22.4 Å². The summed E-state index contributed by atoms with van der Waals surface area (Å²) in [6, 6.07) is 3.81. The maximum absolute atomic E-state index is 11.5. The van der Waals surface area contributed by atoms with Gasteiger partial charge in [0.2, 0.25) is 0 Å². The average molecular weight is 253 g/mol. The van der Waals surface area contributed by atoms with Gasteiger partial charge in [0.25, 0.3) is 5.91 Å². The highest BCUT2D eigenvalue weighted by atomic mass is 32.1. The lowest BCUT2D eigenvalue weighted by molar-refractivity contribution is 0.0958. The molecule has 17 heavy (non-hydrogen) atoms. The van der Waals surface area contributed by atoms with Gasteiger partial charge in [-0.05, 0) is 24.3 Å². The molecule has 0 atom stereocenters. The number of hydrogen-bond donors (Lipinski definition) is 3. The molecule has 92 valence electrons. The van der Waals surface area contributed by atoms with Crippen molar-refractivity contribution in [2.75, 3.05) is 13.1 Å². The highest BCUT2D eigenvalue weighted by molar-refractivity contribution is 7.12. The van der Waals surface area contributed by atoms with Crippen molar-refractivity contribution >= 4 is 23.3 Å². The molecular formula is C11H15N3O2S. The molecule has 1 fully saturated rings. The van der Waals surface area contributed by atoms with E-state index in [0.717, 1.165) is 12.8 Å². The SMILES string of the molecule is O=C(NCCNC(=O)c1cccs1)NC1CC1. The molecule has 1 aromatic rings. The first-order valence-electron chi connectivity index (χ1n) is 5.62. The Morgan fingerprint density at radius 2 is 2.06 bits per heavy atom. The van der Waals surface area contributed by atoms with Gasteiger partial charge < -0.3 is 16.0 Å². The zero-order chi connectivity index (χ0) is 12.1. The van der Waals surface area contributed by atoms with Crippen LogP contribution < -0.4 is 16.0 Å². The maximum Gasteiger partial charge on any atom is 0.315 e. The average Bonchev–Trinajstić information content (AvgIpc) is 2.96. The van der Waals surface area contributed by atoms with Crippen molar-refractivity contribution in [1.29, 1.82) is 0 Å². The summed E-state index contributed by atoms with van der Waals surface area (Å²) in [5.74, 6) is -0.0931. The van der Waals surface area contributed by atoms with E-state index in [0.29, 0.717) is 24.0 Å². The van der Waals surface area contributed by atoms with Crippen molar-refractivity contribution in [3.8, 4) is 0 Å². The molecule has 0 saturated heterocycles. The molecule has 1 aromatic heterocycles. The van der Waals surface area contributed by atoms with Gasteiger partial charge in [0.05, 0.1) is 4.88 Å². The van der Waals surface area contributed by atoms with Gasteiger partial charge in [-0.25, -0.2) is 4.79 Å². The van der Waals surface area contributed by atoms with Gasteiger partial charge in [0, 0.05) is 19.1 Å². The number of nitrogens with one attached hydrogen (secondary N) is 3. The van der Waals surface area contributed by atoms with E-state index in [1.807, 2.05) is 11.4 Å². The minimum atomic E-state index is -0.155. The predicted octanol–water partition coefficient (Wildman–Crippen LogP) is 0.939. The van der Waals surface area contributed by atoms with Crippen LogP contribution in [0.3, 0.4) is 0 Å². The molecule has 1 aliphatic rings. The standard InChI is InChI=1S/C11H15N3O2S/c15-10(9-2-1-7-17-9)12-5-6-13-11(16)14-8-3-4-8/h1-2,7-8H,3-6H2,(H,12,15)(H2,13,14,16).